The minimum absolute atomic E-state index is 0.394. The lowest BCUT2D eigenvalue weighted by Crippen LogP contribution is -2.27. The molecule has 6 heteroatoms. The number of hydrogen-bond donors (Lipinski definition) is 3. The quantitative estimate of drug-likeness (QED) is 0.449. The molecule has 1 aromatic rings. The van der Waals surface area contributed by atoms with E-state index >= 15 is 0 Å². The van der Waals surface area contributed by atoms with Crippen LogP contribution in [0.25, 0.3) is 0 Å². The molecule has 0 bridgehead atoms. The van der Waals surface area contributed by atoms with Gasteiger partial charge in [-0.3, -0.25) is 0 Å². The van der Waals surface area contributed by atoms with Gasteiger partial charge in [0.1, 0.15) is 0 Å². The van der Waals surface area contributed by atoms with Crippen molar-refractivity contribution in [3.05, 3.63) is 12.1 Å². The molecule has 0 aliphatic carbocycles. The lowest BCUT2D eigenvalue weighted by Gasteiger charge is -2.18. The number of aliphatic hydroxyl groups is 1. The van der Waals surface area contributed by atoms with Crippen LogP contribution >= 0.6 is 0 Å². The Labute approximate surface area is 82.7 Å². The van der Waals surface area contributed by atoms with Gasteiger partial charge in [-0.1, -0.05) is 0 Å². The molecular weight excluding hydrogens is 182 g/mol. The van der Waals surface area contributed by atoms with Crippen LogP contribution in [0.4, 0.5) is 11.6 Å². The first kappa shape index (κ1) is 10.7. The van der Waals surface area contributed by atoms with Crippen LogP contribution in [0.1, 0.15) is 6.92 Å². The summed E-state index contributed by atoms with van der Waals surface area (Å²) in [5.74, 6) is 6.36. The van der Waals surface area contributed by atoms with Crippen LogP contribution in [-0.4, -0.2) is 35.0 Å². The molecule has 0 aromatic carbocycles. The molecule has 0 fully saturated rings. The molecule has 78 valence electrons. The van der Waals surface area contributed by atoms with Gasteiger partial charge in [0.15, 0.2) is 11.6 Å². The number of nitrogen functional groups attached to an aromatic ring is 1. The predicted molar refractivity (Wildman–Crippen MR) is 54.8 cm³/mol. The largest absolute Gasteiger partial charge is 0.392 e. The van der Waals surface area contributed by atoms with Crippen molar-refractivity contribution in [2.24, 2.45) is 5.84 Å². The van der Waals surface area contributed by atoms with E-state index < -0.39 is 6.10 Å². The maximum Gasteiger partial charge on any atom is 0.162 e. The van der Waals surface area contributed by atoms with Crippen LogP contribution < -0.4 is 16.2 Å². The summed E-state index contributed by atoms with van der Waals surface area (Å²) in [6, 6.07) is 3.51. The number of hydrogen-bond acceptors (Lipinski definition) is 6. The van der Waals surface area contributed by atoms with Gasteiger partial charge in [0.05, 0.1) is 6.10 Å². The van der Waals surface area contributed by atoms with Gasteiger partial charge in [-0.25, -0.2) is 5.84 Å². The van der Waals surface area contributed by atoms with Crippen molar-refractivity contribution in [1.29, 1.82) is 0 Å². The van der Waals surface area contributed by atoms with Crippen molar-refractivity contribution >= 4 is 11.6 Å². The second-order valence-corrected chi connectivity index (χ2v) is 3.15. The van der Waals surface area contributed by atoms with E-state index in [1.165, 1.54) is 0 Å². The molecule has 0 amide bonds. The highest BCUT2D eigenvalue weighted by molar-refractivity contribution is 5.42. The first-order chi connectivity index (χ1) is 6.63. The van der Waals surface area contributed by atoms with Crippen LogP contribution in [0, 0.1) is 0 Å². The molecule has 0 unspecified atom stereocenters. The number of nitrogens with two attached hydrogens (primary N) is 1. The number of aliphatic hydroxyl groups excluding tert-OH is 1. The lowest BCUT2D eigenvalue weighted by atomic mass is 10.3. The summed E-state index contributed by atoms with van der Waals surface area (Å²) in [5.41, 5.74) is 2.39. The fourth-order valence-electron chi connectivity index (χ4n) is 1.10. The summed E-state index contributed by atoms with van der Waals surface area (Å²) in [7, 11) is 1.84. The molecule has 1 atom stereocenters. The number of likely N-dealkylation sites (N-methyl/N-ethyl adjacent to an activating group) is 1. The van der Waals surface area contributed by atoms with Crippen LogP contribution in [-0.2, 0) is 0 Å². The molecule has 0 spiro atoms. The molecule has 14 heavy (non-hydrogen) atoms. The second-order valence-electron chi connectivity index (χ2n) is 3.15. The number of nitrogens with one attached hydrogen (secondary N) is 1. The zero-order valence-electron chi connectivity index (χ0n) is 8.31. The third-order valence-corrected chi connectivity index (χ3v) is 1.73. The highest BCUT2D eigenvalue weighted by Gasteiger charge is 2.05. The van der Waals surface area contributed by atoms with E-state index in [0.29, 0.717) is 18.2 Å². The topological polar surface area (TPSA) is 87.3 Å². The number of hydrazine groups is 1. The maximum absolute atomic E-state index is 9.16. The van der Waals surface area contributed by atoms with Crippen molar-refractivity contribution in [2.75, 3.05) is 23.9 Å². The fraction of sp³-hybridized carbons (Fsp3) is 0.500. The average Bonchev–Trinajstić information content (AvgIpc) is 2.17. The summed E-state index contributed by atoms with van der Waals surface area (Å²) in [6.07, 6.45) is -0.394. The average molecular weight is 197 g/mol. The van der Waals surface area contributed by atoms with Crippen molar-refractivity contribution in [1.82, 2.24) is 10.2 Å². The van der Waals surface area contributed by atoms with Crippen LogP contribution in [0.15, 0.2) is 12.1 Å². The van der Waals surface area contributed by atoms with Crippen LogP contribution in [0.5, 0.6) is 0 Å². The molecule has 4 N–H and O–H groups in total. The lowest BCUT2D eigenvalue weighted by molar-refractivity contribution is 0.201. The van der Waals surface area contributed by atoms with Gasteiger partial charge in [-0.2, -0.15) is 0 Å². The van der Waals surface area contributed by atoms with Crippen molar-refractivity contribution < 1.29 is 5.11 Å². The SMILES string of the molecule is C[C@H](O)CN(C)c1ccc(NN)nn1. The smallest absolute Gasteiger partial charge is 0.162 e. The summed E-state index contributed by atoms with van der Waals surface area (Å²) in [5, 5.41) is 16.9. The number of aromatic nitrogens is 2. The van der Waals surface area contributed by atoms with Gasteiger partial charge in [0.2, 0.25) is 0 Å². The predicted octanol–water partition coefficient (Wildman–Crippen LogP) is -0.421. The van der Waals surface area contributed by atoms with Crippen molar-refractivity contribution in [2.45, 2.75) is 13.0 Å². The van der Waals surface area contributed by atoms with E-state index in [9.17, 15) is 0 Å². The fourth-order valence-corrected chi connectivity index (χ4v) is 1.10. The molecule has 0 aliphatic heterocycles. The van der Waals surface area contributed by atoms with Crippen molar-refractivity contribution in [3.63, 3.8) is 0 Å². The van der Waals surface area contributed by atoms with E-state index in [1.54, 1.807) is 19.1 Å². The van der Waals surface area contributed by atoms with Gasteiger partial charge in [-0.15, -0.1) is 10.2 Å². The minimum Gasteiger partial charge on any atom is -0.392 e. The highest BCUT2D eigenvalue weighted by atomic mass is 16.3. The Morgan fingerprint density at radius 3 is 2.71 bits per heavy atom. The second kappa shape index (κ2) is 4.73. The Bertz CT molecular complexity index is 274. The zero-order valence-corrected chi connectivity index (χ0v) is 8.31. The molecule has 0 aliphatic rings. The Kier molecular flexibility index (Phi) is 3.61. The van der Waals surface area contributed by atoms with Crippen molar-refractivity contribution in [3.8, 4) is 0 Å². The van der Waals surface area contributed by atoms with E-state index in [-0.39, 0.29) is 0 Å². The monoisotopic (exact) mass is 197 g/mol. The van der Waals surface area contributed by atoms with Gasteiger partial charge in [0, 0.05) is 13.6 Å². The number of nitrogens with zero attached hydrogens (tertiary/aromatic N) is 3. The minimum atomic E-state index is -0.394. The van der Waals surface area contributed by atoms with E-state index in [0.717, 1.165) is 0 Å². The van der Waals surface area contributed by atoms with Gasteiger partial charge in [-0.05, 0) is 19.1 Å². The van der Waals surface area contributed by atoms with E-state index in [1.807, 2.05) is 11.9 Å². The molecule has 1 rings (SSSR count). The standard InChI is InChI=1S/C8H15N5O/c1-6(14)5-13(2)8-4-3-7(10-9)11-12-8/h3-4,6,14H,5,9H2,1-2H3,(H,10,11)/t6-/m0/s1. The summed E-state index contributed by atoms with van der Waals surface area (Å²) in [4.78, 5) is 1.82. The van der Waals surface area contributed by atoms with Gasteiger partial charge >= 0.3 is 0 Å². The first-order valence-electron chi connectivity index (χ1n) is 4.33. The third-order valence-electron chi connectivity index (χ3n) is 1.73. The number of anilines is 2. The number of rotatable bonds is 4. The molecule has 6 nitrogen and oxygen atoms in total. The first-order valence-corrected chi connectivity index (χ1v) is 4.33. The maximum atomic E-state index is 9.16. The van der Waals surface area contributed by atoms with Gasteiger partial charge in [0.25, 0.3) is 0 Å². The molecule has 0 saturated carbocycles. The Hall–Kier alpha value is -1.40. The highest BCUT2D eigenvalue weighted by Crippen LogP contribution is 2.09. The van der Waals surface area contributed by atoms with E-state index in [4.69, 9.17) is 10.9 Å². The summed E-state index contributed by atoms with van der Waals surface area (Å²) >= 11 is 0. The summed E-state index contributed by atoms with van der Waals surface area (Å²) < 4.78 is 0. The Morgan fingerprint density at radius 2 is 2.29 bits per heavy atom. The normalized spacial score (nSPS) is 12.3. The third kappa shape index (κ3) is 2.82. The molecule has 0 radical (unpaired) electrons. The Morgan fingerprint density at radius 1 is 1.57 bits per heavy atom. The zero-order chi connectivity index (χ0) is 10.6. The summed E-state index contributed by atoms with van der Waals surface area (Å²) in [6.45, 7) is 2.24. The van der Waals surface area contributed by atoms with Crippen LogP contribution in [0.3, 0.4) is 0 Å². The molecular formula is C8H15N5O. The van der Waals surface area contributed by atoms with Crippen LogP contribution in [0.2, 0.25) is 0 Å². The molecule has 0 saturated heterocycles. The Balaban J connectivity index is 2.66. The van der Waals surface area contributed by atoms with E-state index in [2.05, 4.69) is 15.6 Å². The van der Waals surface area contributed by atoms with Gasteiger partial charge < -0.3 is 15.4 Å². The molecule has 1 heterocycles. The molecule has 1 aromatic heterocycles.